The molecule has 0 aliphatic carbocycles. The molecule has 1 aromatic heterocycles. The van der Waals surface area contributed by atoms with Gasteiger partial charge >= 0.3 is 0 Å². The second kappa shape index (κ2) is 4.21. The van der Waals surface area contributed by atoms with E-state index in [1.807, 2.05) is 43.3 Å². The van der Waals surface area contributed by atoms with Crippen LogP contribution in [0.2, 0.25) is 0 Å². The molecule has 0 aliphatic heterocycles. The Kier molecular flexibility index (Phi) is 2.93. The van der Waals surface area contributed by atoms with Gasteiger partial charge in [0.15, 0.2) is 0 Å². The van der Waals surface area contributed by atoms with Gasteiger partial charge in [0.2, 0.25) is 0 Å². The summed E-state index contributed by atoms with van der Waals surface area (Å²) in [5.41, 5.74) is 7.12. The average Bonchev–Trinajstić information content (AvgIpc) is 2.65. The first kappa shape index (κ1) is 10.5. The molecule has 0 radical (unpaired) electrons. The largest absolute Gasteiger partial charge is 0.464 e. The summed E-state index contributed by atoms with van der Waals surface area (Å²) >= 11 is 3.39. The maximum Gasteiger partial charge on any atom is 0.125 e. The maximum atomic E-state index is 6.07. The summed E-state index contributed by atoms with van der Waals surface area (Å²) < 4.78 is 6.54. The lowest BCUT2D eigenvalue weighted by molar-refractivity contribution is 0.466. The highest BCUT2D eigenvalue weighted by molar-refractivity contribution is 9.10. The van der Waals surface area contributed by atoms with Crippen LogP contribution < -0.4 is 5.73 Å². The Bertz CT molecular complexity index is 447. The zero-order valence-corrected chi connectivity index (χ0v) is 9.99. The van der Waals surface area contributed by atoms with Crippen molar-refractivity contribution in [1.82, 2.24) is 0 Å². The average molecular weight is 266 g/mol. The molecule has 0 saturated carbocycles. The van der Waals surface area contributed by atoms with Crippen LogP contribution >= 0.6 is 15.9 Å². The summed E-state index contributed by atoms with van der Waals surface area (Å²) in [5.74, 6) is 1.69. The fourth-order valence-electron chi connectivity index (χ4n) is 1.45. The van der Waals surface area contributed by atoms with Crippen molar-refractivity contribution in [3.8, 4) is 0 Å². The van der Waals surface area contributed by atoms with Crippen LogP contribution in [-0.4, -0.2) is 0 Å². The minimum Gasteiger partial charge on any atom is -0.464 e. The molecule has 0 fully saturated rings. The summed E-state index contributed by atoms with van der Waals surface area (Å²) in [7, 11) is 0. The van der Waals surface area contributed by atoms with Crippen LogP contribution in [0.4, 0.5) is 0 Å². The summed E-state index contributed by atoms with van der Waals surface area (Å²) in [4.78, 5) is 0. The van der Waals surface area contributed by atoms with Crippen LogP contribution in [0.3, 0.4) is 0 Å². The number of hydrogen-bond donors (Lipinski definition) is 1. The van der Waals surface area contributed by atoms with Gasteiger partial charge in [-0.3, -0.25) is 0 Å². The van der Waals surface area contributed by atoms with Gasteiger partial charge in [-0.15, -0.1) is 0 Å². The van der Waals surface area contributed by atoms with Crippen molar-refractivity contribution >= 4 is 15.9 Å². The van der Waals surface area contributed by atoms with Crippen molar-refractivity contribution in [1.29, 1.82) is 0 Å². The van der Waals surface area contributed by atoms with E-state index in [0.717, 1.165) is 21.6 Å². The third kappa shape index (κ3) is 2.30. The molecule has 1 unspecified atom stereocenters. The Hall–Kier alpha value is -1.06. The Morgan fingerprint density at radius 1 is 1.13 bits per heavy atom. The maximum absolute atomic E-state index is 6.07. The van der Waals surface area contributed by atoms with Crippen molar-refractivity contribution in [2.45, 2.75) is 13.0 Å². The van der Waals surface area contributed by atoms with E-state index in [9.17, 15) is 0 Å². The zero-order valence-electron chi connectivity index (χ0n) is 8.41. The normalized spacial score (nSPS) is 12.7. The molecule has 2 aromatic rings. The number of nitrogens with two attached hydrogens (primary N) is 1. The van der Waals surface area contributed by atoms with E-state index in [2.05, 4.69) is 15.9 Å². The van der Waals surface area contributed by atoms with E-state index >= 15 is 0 Å². The van der Waals surface area contributed by atoms with Gasteiger partial charge in [-0.05, 0) is 36.8 Å². The third-order valence-electron chi connectivity index (χ3n) is 2.30. The van der Waals surface area contributed by atoms with Crippen LogP contribution in [0, 0.1) is 6.92 Å². The van der Waals surface area contributed by atoms with Crippen LogP contribution in [0.5, 0.6) is 0 Å². The molecule has 2 nitrogen and oxygen atoms in total. The lowest BCUT2D eigenvalue weighted by Gasteiger charge is -2.08. The quantitative estimate of drug-likeness (QED) is 0.904. The molecule has 2 rings (SSSR count). The van der Waals surface area contributed by atoms with Crippen LogP contribution in [-0.2, 0) is 0 Å². The number of halogens is 1. The molecule has 1 atom stereocenters. The Labute approximate surface area is 97.2 Å². The fourth-order valence-corrected chi connectivity index (χ4v) is 1.72. The smallest absolute Gasteiger partial charge is 0.125 e. The molecule has 3 heteroatoms. The van der Waals surface area contributed by atoms with Crippen molar-refractivity contribution in [3.05, 3.63) is 58.0 Å². The second-order valence-electron chi connectivity index (χ2n) is 3.48. The monoisotopic (exact) mass is 265 g/mol. The molecular formula is C12H12BrNO. The number of benzene rings is 1. The summed E-state index contributed by atoms with van der Waals surface area (Å²) in [5, 5.41) is 0. The molecule has 0 spiro atoms. The number of furan rings is 1. The van der Waals surface area contributed by atoms with Gasteiger partial charge in [-0.2, -0.15) is 0 Å². The molecular weight excluding hydrogens is 254 g/mol. The van der Waals surface area contributed by atoms with Gasteiger partial charge in [0, 0.05) is 4.47 Å². The highest BCUT2D eigenvalue weighted by atomic mass is 79.9. The van der Waals surface area contributed by atoms with Crippen molar-refractivity contribution in [2.75, 3.05) is 0 Å². The molecule has 2 N–H and O–H groups in total. The summed E-state index contributed by atoms with van der Waals surface area (Å²) in [6, 6.07) is 11.6. The van der Waals surface area contributed by atoms with E-state index in [4.69, 9.17) is 10.2 Å². The number of rotatable bonds is 2. The molecule has 78 valence electrons. The summed E-state index contributed by atoms with van der Waals surface area (Å²) in [6.07, 6.45) is 0. The molecule has 0 bridgehead atoms. The van der Waals surface area contributed by atoms with Gasteiger partial charge < -0.3 is 10.2 Å². The molecule has 0 amide bonds. The number of hydrogen-bond acceptors (Lipinski definition) is 2. The van der Waals surface area contributed by atoms with E-state index in [0.29, 0.717) is 0 Å². The van der Waals surface area contributed by atoms with Crippen molar-refractivity contribution in [3.63, 3.8) is 0 Å². The fraction of sp³-hybridized carbons (Fsp3) is 0.167. The Balaban J connectivity index is 2.28. The molecule has 0 saturated heterocycles. The standard InChI is InChI=1S/C12H12BrNO/c1-8-2-7-11(15-8)12(14)9-3-5-10(13)6-4-9/h2-7,12H,14H2,1H3. The first-order valence-electron chi connectivity index (χ1n) is 4.74. The first-order chi connectivity index (χ1) is 7.16. The first-order valence-corrected chi connectivity index (χ1v) is 5.53. The van der Waals surface area contributed by atoms with Crippen molar-refractivity contribution < 1.29 is 4.42 Å². The minimum atomic E-state index is -0.188. The molecule has 0 aliphatic rings. The third-order valence-corrected chi connectivity index (χ3v) is 2.83. The second-order valence-corrected chi connectivity index (χ2v) is 4.39. The van der Waals surface area contributed by atoms with Gasteiger partial charge in [-0.25, -0.2) is 0 Å². The lowest BCUT2D eigenvalue weighted by Crippen LogP contribution is -2.10. The van der Waals surface area contributed by atoms with Gasteiger partial charge in [0.1, 0.15) is 11.5 Å². The predicted octanol–water partition coefficient (Wildman–Crippen LogP) is 3.40. The lowest BCUT2D eigenvalue weighted by atomic mass is 10.1. The van der Waals surface area contributed by atoms with Crippen LogP contribution in [0.15, 0.2) is 45.3 Å². The van der Waals surface area contributed by atoms with E-state index in [-0.39, 0.29) is 6.04 Å². The number of aryl methyl sites for hydroxylation is 1. The topological polar surface area (TPSA) is 39.2 Å². The van der Waals surface area contributed by atoms with Gasteiger partial charge in [0.25, 0.3) is 0 Å². The van der Waals surface area contributed by atoms with Crippen LogP contribution in [0.1, 0.15) is 23.1 Å². The highest BCUT2D eigenvalue weighted by Gasteiger charge is 2.11. The van der Waals surface area contributed by atoms with E-state index < -0.39 is 0 Å². The Morgan fingerprint density at radius 2 is 1.80 bits per heavy atom. The van der Waals surface area contributed by atoms with Crippen LogP contribution in [0.25, 0.3) is 0 Å². The van der Waals surface area contributed by atoms with E-state index in [1.54, 1.807) is 0 Å². The SMILES string of the molecule is Cc1ccc(C(N)c2ccc(Br)cc2)o1. The van der Waals surface area contributed by atoms with E-state index in [1.165, 1.54) is 0 Å². The summed E-state index contributed by atoms with van der Waals surface area (Å²) in [6.45, 7) is 1.91. The van der Waals surface area contributed by atoms with Crippen molar-refractivity contribution in [2.24, 2.45) is 5.73 Å². The van der Waals surface area contributed by atoms with Gasteiger partial charge in [-0.1, -0.05) is 28.1 Å². The molecule has 15 heavy (non-hydrogen) atoms. The van der Waals surface area contributed by atoms with Gasteiger partial charge in [0.05, 0.1) is 6.04 Å². The highest BCUT2D eigenvalue weighted by Crippen LogP contribution is 2.22. The molecule has 1 heterocycles. The molecule has 1 aromatic carbocycles. The Morgan fingerprint density at radius 3 is 2.33 bits per heavy atom. The minimum absolute atomic E-state index is 0.188. The zero-order chi connectivity index (χ0) is 10.8. The predicted molar refractivity (Wildman–Crippen MR) is 63.6 cm³/mol.